The zero-order valence-corrected chi connectivity index (χ0v) is 14.9. The molecular formula is C19H27N3O2. The lowest BCUT2D eigenvalue weighted by molar-refractivity contribution is 0.102. The fourth-order valence-corrected chi connectivity index (χ4v) is 3.79. The molecule has 0 spiro atoms. The molecule has 1 unspecified atom stereocenters. The number of fused-ring (bicyclic) bond motifs is 1. The van der Waals surface area contributed by atoms with E-state index in [0.29, 0.717) is 35.3 Å². The minimum absolute atomic E-state index is 0.0193. The summed E-state index contributed by atoms with van der Waals surface area (Å²) in [7, 11) is 1.60. The van der Waals surface area contributed by atoms with Crippen LogP contribution in [0.25, 0.3) is 10.9 Å². The van der Waals surface area contributed by atoms with Crippen molar-refractivity contribution in [1.82, 2.24) is 14.5 Å². The summed E-state index contributed by atoms with van der Waals surface area (Å²) in [4.78, 5) is 19.8. The van der Waals surface area contributed by atoms with Gasteiger partial charge in [0, 0.05) is 18.6 Å². The monoisotopic (exact) mass is 329 g/mol. The molecule has 1 aliphatic heterocycles. The number of aryl methyl sites for hydroxylation is 1. The summed E-state index contributed by atoms with van der Waals surface area (Å²) in [5.41, 5.74) is 0.661. The second kappa shape index (κ2) is 7.34. The van der Waals surface area contributed by atoms with Gasteiger partial charge in [-0.2, -0.15) is 0 Å². The number of hydrogen-bond acceptors (Lipinski definition) is 4. The Bertz CT molecular complexity index is 754. The number of methoxy groups -OCH3 is 1. The molecule has 5 nitrogen and oxygen atoms in total. The van der Waals surface area contributed by atoms with Gasteiger partial charge in [-0.25, -0.2) is 4.98 Å². The van der Waals surface area contributed by atoms with E-state index in [-0.39, 0.29) is 5.56 Å². The Morgan fingerprint density at radius 3 is 2.92 bits per heavy atom. The van der Waals surface area contributed by atoms with E-state index in [1.54, 1.807) is 18.0 Å². The maximum absolute atomic E-state index is 12.7. The molecule has 0 saturated carbocycles. The average Bonchev–Trinajstić information content (AvgIpc) is 2.61. The second-order valence-corrected chi connectivity index (χ2v) is 6.87. The molecule has 0 aliphatic carbocycles. The molecule has 1 aromatic carbocycles. The van der Waals surface area contributed by atoms with Crippen LogP contribution in [0.15, 0.2) is 29.3 Å². The summed E-state index contributed by atoms with van der Waals surface area (Å²) in [5, 5.41) is 0.626. The highest BCUT2D eigenvalue weighted by atomic mass is 16.5. The standard InChI is InChI=1S/C19H27N3O2/c1-14(2)22-11-5-4-7-15(22)10-12-21-13-20-18-16(19(21)23)8-6-9-17(18)24-3/h6,8-9,13-15H,4-5,7,10-12H2,1-3H3. The van der Waals surface area contributed by atoms with Crippen molar-refractivity contribution in [3.8, 4) is 5.75 Å². The van der Waals surface area contributed by atoms with E-state index in [2.05, 4.69) is 23.7 Å². The Kier molecular flexibility index (Phi) is 5.19. The largest absolute Gasteiger partial charge is 0.494 e. The molecule has 3 rings (SSSR count). The zero-order chi connectivity index (χ0) is 17.1. The van der Waals surface area contributed by atoms with Crippen LogP contribution in [0.1, 0.15) is 39.5 Å². The van der Waals surface area contributed by atoms with Crippen molar-refractivity contribution in [3.63, 3.8) is 0 Å². The van der Waals surface area contributed by atoms with Crippen molar-refractivity contribution in [3.05, 3.63) is 34.9 Å². The summed E-state index contributed by atoms with van der Waals surface area (Å²) < 4.78 is 7.05. The fraction of sp³-hybridized carbons (Fsp3) is 0.579. The first-order chi connectivity index (χ1) is 11.6. The van der Waals surface area contributed by atoms with Crippen molar-refractivity contribution in [1.29, 1.82) is 0 Å². The molecule has 2 heterocycles. The predicted molar refractivity (Wildman–Crippen MR) is 96.7 cm³/mol. The summed E-state index contributed by atoms with van der Waals surface area (Å²) >= 11 is 0. The molecule has 1 aromatic heterocycles. The third-order valence-corrected chi connectivity index (χ3v) is 5.08. The van der Waals surface area contributed by atoms with Gasteiger partial charge in [-0.3, -0.25) is 14.3 Å². The molecule has 24 heavy (non-hydrogen) atoms. The van der Waals surface area contributed by atoms with Crippen LogP contribution in [0.5, 0.6) is 5.75 Å². The number of rotatable bonds is 5. The molecule has 1 aliphatic rings. The molecule has 130 valence electrons. The highest BCUT2D eigenvalue weighted by molar-refractivity contribution is 5.83. The average molecular weight is 329 g/mol. The fourth-order valence-electron chi connectivity index (χ4n) is 3.79. The number of ether oxygens (including phenoxy) is 1. The summed E-state index contributed by atoms with van der Waals surface area (Å²) in [6, 6.07) is 6.63. The zero-order valence-electron chi connectivity index (χ0n) is 14.9. The summed E-state index contributed by atoms with van der Waals surface area (Å²) in [6.45, 7) is 6.40. The lowest BCUT2D eigenvalue weighted by Gasteiger charge is -2.38. The molecule has 0 radical (unpaired) electrons. The van der Waals surface area contributed by atoms with Gasteiger partial charge < -0.3 is 4.74 Å². The molecule has 2 aromatic rings. The van der Waals surface area contributed by atoms with Gasteiger partial charge in [0.25, 0.3) is 5.56 Å². The van der Waals surface area contributed by atoms with E-state index in [9.17, 15) is 4.79 Å². The highest BCUT2D eigenvalue weighted by Gasteiger charge is 2.24. The Morgan fingerprint density at radius 2 is 2.17 bits per heavy atom. The maximum atomic E-state index is 12.7. The number of benzene rings is 1. The quantitative estimate of drug-likeness (QED) is 0.846. The molecule has 0 amide bonds. The van der Waals surface area contributed by atoms with Gasteiger partial charge in [0.15, 0.2) is 0 Å². The van der Waals surface area contributed by atoms with E-state index in [1.807, 2.05) is 18.2 Å². The number of aromatic nitrogens is 2. The number of hydrogen-bond donors (Lipinski definition) is 0. The van der Waals surface area contributed by atoms with E-state index in [0.717, 1.165) is 6.42 Å². The van der Waals surface area contributed by atoms with Gasteiger partial charge in [0.05, 0.1) is 18.8 Å². The molecule has 1 atom stereocenters. The lowest BCUT2D eigenvalue weighted by atomic mass is 9.97. The van der Waals surface area contributed by atoms with Crippen LogP contribution in [0, 0.1) is 0 Å². The van der Waals surface area contributed by atoms with Gasteiger partial charge in [0.1, 0.15) is 11.3 Å². The number of para-hydroxylation sites is 1. The van der Waals surface area contributed by atoms with Gasteiger partial charge in [-0.15, -0.1) is 0 Å². The second-order valence-electron chi connectivity index (χ2n) is 6.87. The number of nitrogens with zero attached hydrogens (tertiary/aromatic N) is 3. The van der Waals surface area contributed by atoms with Crippen LogP contribution in [0.4, 0.5) is 0 Å². The molecule has 0 bridgehead atoms. The van der Waals surface area contributed by atoms with Gasteiger partial charge >= 0.3 is 0 Å². The summed E-state index contributed by atoms with van der Waals surface area (Å²) in [6.07, 6.45) is 6.45. The van der Waals surface area contributed by atoms with E-state index < -0.39 is 0 Å². The van der Waals surface area contributed by atoms with Crippen LogP contribution in [-0.4, -0.2) is 40.2 Å². The third-order valence-electron chi connectivity index (χ3n) is 5.08. The van der Waals surface area contributed by atoms with Crippen molar-refractivity contribution in [2.45, 2.75) is 58.2 Å². The van der Waals surface area contributed by atoms with E-state index in [1.165, 1.54) is 25.8 Å². The number of likely N-dealkylation sites (tertiary alicyclic amines) is 1. The molecular weight excluding hydrogens is 302 g/mol. The van der Waals surface area contributed by atoms with Gasteiger partial charge in [0.2, 0.25) is 0 Å². The van der Waals surface area contributed by atoms with Gasteiger partial charge in [-0.05, 0) is 51.8 Å². The minimum Gasteiger partial charge on any atom is -0.494 e. The first kappa shape index (κ1) is 17.0. The van der Waals surface area contributed by atoms with Crippen LogP contribution >= 0.6 is 0 Å². The van der Waals surface area contributed by atoms with Crippen molar-refractivity contribution >= 4 is 10.9 Å². The van der Waals surface area contributed by atoms with Crippen LogP contribution in [0.2, 0.25) is 0 Å². The van der Waals surface area contributed by atoms with Crippen LogP contribution in [0.3, 0.4) is 0 Å². The topological polar surface area (TPSA) is 47.4 Å². The van der Waals surface area contributed by atoms with Crippen molar-refractivity contribution < 1.29 is 4.74 Å². The van der Waals surface area contributed by atoms with E-state index >= 15 is 0 Å². The maximum Gasteiger partial charge on any atom is 0.261 e. The normalized spacial score (nSPS) is 19.1. The number of piperidine rings is 1. The first-order valence-corrected chi connectivity index (χ1v) is 8.89. The van der Waals surface area contributed by atoms with E-state index in [4.69, 9.17) is 4.74 Å². The smallest absolute Gasteiger partial charge is 0.261 e. The third kappa shape index (κ3) is 3.31. The Balaban J connectivity index is 1.80. The van der Waals surface area contributed by atoms with Crippen LogP contribution < -0.4 is 10.3 Å². The Morgan fingerprint density at radius 1 is 1.33 bits per heavy atom. The van der Waals surface area contributed by atoms with Crippen LogP contribution in [-0.2, 0) is 6.54 Å². The molecule has 5 heteroatoms. The molecule has 1 fully saturated rings. The molecule has 0 N–H and O–H groups in total. The Labute approximate surface area is 143 Å². The summed E-state index contributed by atoms with van der Waals surface area (Å²) in [5.74, 6) is 0.648. The molecule has 1 saturated heterocycles. The highest BCUT2D eigenvalue weighted by Crippen LogP contribution is 2.23. The first-order valence-electron chi connectivity index (χ1n) is 8.89. The van der Waals surface area contributed by atoms with Crippen molar-refractivity contribution in [2.75, 3.05) is 13.7 Å². The lowest BCUT2D eigenvalue weighted by Crippen LogP contribution is -2.44. The SMILES string of the molecule is COc1cccc2c(=O)n(CCC3CCCCN3C(C)C)cnc12. The van der Waals surface area contributed by atoms with Crippen molar-refractivity contribution in [2.24, 2.45) is 0 Å². The van der Waals surface area contributed by atoms with Gasteiger partial charge in [-0.1, -0.05) is 12.5 Å². The predicted octanol–water partition coefficient (Wildman–Crippen LogP) is 3.06. The Hall–Kier alpha value is -1.88. The minimum atomic E-state index is 0.0193.